The fourth-order valence-corrected chi connectivity index (χ4v) is 3.05. The normalized spacial score (nSPS) is 27.6. The lowest BCUT2D eigenvalue weighted by Gasteiger charge is -2.38. The zero-order chi connectivity index (χ0) is 23.7. The molecule has 0 radical (unpaired) electrons. The molecule has 1 heterocycles. The van der Waals surface area contributed by atoms with Crippen LogP contribution in [0.15, 0.2) is 18.2 Å². The number of ether oxygens (including phenoxy) is 2. The van der Waals surface area contributed by atoms with Crippen molar-refractivity contribution >= 4 is 29.2 Å². The van der Waals surface area contributed by atoms with Crippen molar-refractivity contribution in [3.05, 3.63) is 28.8 Å². The van der Waals surface area contributed by atoms with Gasteiger partial charge in [0.25, 0.3) is 0 Å². The highest BCUT2D eigenvalue weighted by molar-refractivity contribution is 6.33. The number of esters is 1. The number of carboxylic acid groups (broad SMARTS) is 1. The minimum absolute atomic E-state index is 0.00528. The summed E-state index contributed by atoms with van der Waals surface area (Å²) in [5.41, 5.74) is -0.994. The number of carbonyl (C=O) groups excluding carboxylic acids is 1. The number of hydrogen-bond acceptors (Lipinski definition) is 8. The average Bonchev–Trinajstić information content (AvgIpc) is 2.65. The highest BCUT2D eigenvalue weighted by atomic mass is 35.5. The van der Waals surface area contributed by atoms with Gasteiger partial charge in [-0.05, 0) is 24.1 Å². The molecule has 0 bridgehead atoms. The van der Waals surface area contributed by atoms with E-state index in [1.54, 1.807) is 13.8 Å². The van der Waals surface area contributed by atoms with Gasteiger partial charge in [0.05, 0.1) is 16.3 Å². The second-order valence-corrected chi connectivity index (χ2v) is 7.64. The maximum atomic E-state index is 12.8. The molecule has 1 fully saturated rings. The van der Waals surface area contributed by atoms with E-state index in [1.807, 2.05) is 0 Å². The fourth-order valence-electron chi connectivity index (χ4n) is 2.81. The van der Waals surface area contributed by atoms with E-state index in [9.17, 15) is 38.1 Å². The Hall–Kier alpha value is -2.12. The van der Waals surface area contributed by atoms with Gasteiger partial charge in [-0.3, -0.25) is 0 Å². The summed E-state index contributed by atoms with van der Waals surface area (Å²) in [4.78, 5) is 23.8. The summed E-state index contributed by atoms with van der Waals surface area (Å²) in [5.74, 6) is -3.23. The Labute approximate surface area is 179 Å². The predicted molar refractivity (Wildman–Crippen MR) is 99.1 cm³/mol. The molecule has 9 nitrogen and oxygen atoms in total. The Morgan fingerprint density at radius 3 is 2.26 bits per heavy atom. The third-order valence-electron chi connectivity index (χ3n) is 4.57. The maximum absolute atomic E-state index is 12.8. The van der Waals surface area contributed by atoms with Crippen molar-refractivity contribution < 1.29 is 52.7 Å². The number of benzene rings is 1. The monoisotopic (exact) mass is 471 g/mol. The first-order valence-corrected chi connectivity index (χ1v) is 9.38. The zero-order valence-electron chi connectivity index (χ0n) is 16.2. The lowest BCUT2D eigenvalue weighted by atomic mass is 9.99. The molecule has 5 N–H and O–H groups in total. The molecule has 1 unspecified atom stereocenters. The summed E-state index contributed by atoms with van der Waals surface area (Å²) in [7, 11) is 0. The summed E-state index contributed by atoms with van der Waals surface area (Å²) in [6.45, 7) is 3.15. The molecule has 174 valence electrons. The first-order chi connectivity index (χ1) is 14.2. The highest BCUT2D eigenvalue weighted by Crippen LogP contribution is 2.34. The molecule has 0 amide bonds. The Balaban J connectivity index is 2.18. The van der Waals surface area contributed by atoms with Gasteiger partial charge in [-0.1, -0.05) is 25.4 Å². The summed E-state index contributed by atoms with van der Waals surface area (Å²) in [6.07, 6.45) is -14.4. The second kappa shape index (κ2) is 9.57. The van der Waals surface area contributed by atoms with Gasteiger partial charge >= 0.3 is 18.1 Å². The molecule has 1 aliphatic rings. The molecule has 0 aliphatic carbocycles. The Morgan fingerprint density at radius 1 is 1.16 bits per heavy atom. The number of rotatable bonds is 6. The lowest BCUT2D eigenvalue weighted by Crippen LogP contribution is -2.61. The molecule has 31 heavy (non-hydrogen) atoms. The van der Waals surface area contributed by atoms with Crippen LogP contribution in [0.2, 0.25) is 5.02 Å². The molecule has 1 aromatic carbocycles. The number of carbonyl (C=O) groups is 2. The van der Waals surface area contributed by atoms with Crippen molar-refractivity contribution in [3.63, 3.8) is 0 Å². The first kappa shape index (κ1) is 25.1. The highest BCUT2D eigenvalue weighted by Gasteiger charge is 2.49. The predicted octanol–water partition coefficient (Wildman–Crippen LogP) is 1.23. The van der Waals surface area contributed by atoms with Gasteiger partial charge in [0.1, 0.15) is 24.4 Å². The average molecular weight is 472 g/mol. The van der Waals surface area contributed by atoms with E-state index < -0.39 is 66.3 Å². The second-order valence-electron chi connectivity index (χ2n) is 7.23. The third-order valence-corrected chi connectivity index (χ3v) is 4.89. The quantitative estimate of drug-likeness (QED) is 0.387. The third kappa shape index (κ3) is 5.77. The van der Waals surface area contributed by atoms with Crippen LogP contribution in [-0.4, -0.2) is 69.1 Å². The van der Waals surface area contributed by atoms with Crippen LogP contribution < -0.4 is 5.32 Å². The molecule has 0 saturated carbocycles. The summed E-state index contributed by atoms with van der Waals surface area (Å²) >= 11 is 5.89. The molecule has 2 rings (SSSR count). The molecule has 1 saturated heterocycles. The standard InChI is InChI=1S/C18H21ClF3NO8/c1-6(2)10(23-9-4-3-7(5-8(9)19)18(20,21)22)16(29)31-17-13(26)11(24)12(25)14(30-17)15(27)28/h3-6,10-14,17,23-26H,1-2H3,(H,27,28)/t10?,11-,12-,13+,14-,17-/m0/s1. The van der Waals surface area contributed by atoms with Crippen LogP contribution in [-0.2, 0) is 25.2 Å². The van der Waals surface area contributed by atoms with E-state index >= 15 is 0 Å². The van der Waals surface area contributed by atoms with E-state index in [0.717, 1.165) is 12.1 Å². The summed E-state index contributed by atoms with van der Waals surface area (Å²) in [6, 6.07) is 1.27. The van der Waals surface area contributed by atoms with Crippen molar-refractivity contribution in [2.75, 3.05) is 5.32 Å². The van der Waals surface area contributed by atoms with Gasteiger partial charge in [0.15, 0.2) is 6.10 Å². The number of nitrogens with one attached hydrogen (secondary N) is 1. The molecule has 0 aromatic heterocycles. The number of anilines is 1. The van der Waals surface area contributed by atoms with E-state index in [1.165, 1.54) is 0 Å². The first-order valence-electron chi connectivity index (χ1n) is 9.00. The topological polar surface area (TPSA) is 146 Å². The number of alkyl halides is 3. The molecule has 1 aliphatic heterocycles. The van der Waals surface area contributed by atoms with Crippen LogP contribution in [0, 0.1) is 5.92 Å². The van der Waals surface area contributed by atoms with Crippen LogP contribution in [0.3, 0.4) is 0 Å². The van der Waals surface area contributed by atoms with Crippen LogP contribution >= 0.6 is 11.6 Å². The number of aliphatic hydroxyl groups is 3. The molecule has 13 heteroatoms. The molecular formula is C18H21ClF3NO8. The van der Waals surface area contributed by atoms with Gasteiger partial charge in [-0.2, -0.15) is 13.2 Å². The Kier molecular flexibility index (Phi) is 7.76. The summed E-state index contributed by atoms with van der Waals surface area (Å²) in [5, 5.41) is 40.8. The largest absolute Gasteiger partial charge is 0.479 e. The lowest BCUT2D eigenvalue weighted by molar-refractivity contribution is -0.286. The Morgan fingerprint density at radius 2 is 1.77 bits per heavy atom. The van der Waals surface area contributed by atoms with Gasteiger partial charge in [0, 0.05) is 0 Å². The van der Waals surface area contributed by atoms with E-state index in [4.69, 9.17) is 26.2 Å². The number of aliphatic hydroxyl groups excluding tert-OH is 3. The minimum atomic E-state index is -4.61. The molecule has 1 aromatic rings. The maximum Gasteiger partial charge on any atom is 0.416 e. The van der Waals surface area contributed by atoms with Crippen molar-refractivity contribution in [3.8, 4) is 0 Å². The Bertz CT molecular complexity index is 821. The van der Waals surface area contributed by atoms with Crippen molar-refractivity contribution in [2.45, 2.75) is 56.8 Å². The summed E-state index contributed by atoms with van der Waals surface area (Å²) < 4.78 is 48.3. The SMILES string of the molecule is CC(C)C(Nc1ccc(C(F)(F)F)cc1Cl)C(=O)O[C@@H]1O[C@H](C(=O)O)[C@@H](O)[C@H](O)[C@H]1O. The van der Waals surface area contributed by atoms with Crippen LogP contribution in [0.1, 0.15) is 19.4 Å². The van der Waals surface area contributed by atoms with Gasteiger partial charge in [-0.25, -0.2) is 9.59 Å². The smallest absolute Gasteiger partial charge is 0.416 e. The molecule has 6 atom stereocenters. The zero-order valence-corrected chi connectivity index (χ0v) is 17.0. The van der Waals surface area contributed by atoms with Gasteiger partial charge < -0.3 is 35.2 Å². The van der Waals surface area contributed by atoms with Crippen LogP contribution in [0.25, 0.3) is 0 Å². The molecule has 0 spiro atoms. The molecular weight excluding hydrogens is 451 g/mol. The number of halogens is 4. The van der Waals surface area contributed by atoms with E-state index in [0.29, 0.717) is 6.07 Å². The van der Waals surface area contributed by atoms with Crippen molar-refractivity contribution in [1.29, 1.82) is 0 Å². The van der Waals surface area contributed by atoms with Crippen LogP contribution in [0.4, 0.5) is 18.9 Å². The van der Waals surface area contributed by atoms with Gasteiger partial charge in [-0.15, -0.1) is 0 Å². The van der Waals surface area contributed by atoms with Gasteiger partial charge in [0.2, 0.25) is 6.29 Å². The van der Waals surface area contributed by atoms with Crippen molar-refractivity contribution in [1.82, 2.24) is 0 Å². The fraction of sp³-hybridized carbons (Fsp3) is 0.556. The van der Waals surface area contributed by atoms with Crippen molar-refractivity contribution in [2.24, 2.45) is 5.92 Å². The number of carboxylic acids is 1. The van der Waals surface area contributed by atoms with E-state index in [-0.39, 0.29) is 10.7 Å². The number of aliphatic carboxylic acids is 1. The minimum Gasteiger partial charge on any atom is -0.479 e. The number of hydrogen-bond donors (Lipinski definition) is 5. The van der Waals surface area contributed by atoms with E-state index in [2.05, 4.69) is 5.32 Å². The van der Waals surface area contributed by atoms with Crippen LogP contribution in [0.5, 0.6) is 0 Å².